The molecule has 3 aromatic carbocycles. The molecule has 3 aromatic rings. The molecule has 1 aliphatic heterocycles. The third-order valence-electron chi connectivity index (χ3n) is 4.68. The molecule has 126 valence electrons. The summed E-state index contributed by atoms with van der Waals surface area (Å²) in [6.07, 6.45) is 0. The number of hydrogen-bond acceptors (Lipinski definition) is 4. The molecule has 0 aromatic heterocycles. The summed E-state index contributed by atoms with van der Waals surface area (Å²) in [5.74, 6) is 2.90. The Morgan fingerprint density at radius 2 is 1.36 bits per heavy atom. The van der Waals surface area contributed by atoms with Crippen LogP contribution in [0.2, 0.25) is 0 Å². The van der Waals surface area contributed by atoms with Gasteiger partial charge in [0.15, 0.2) is 0 Å². The molecule has 4 rings (SSSR count). The third kappa shape index (κ3) is 2.26. The van der Waals surface area contributed by atoms with E-state index in [4.69, 9.17) is 19.9 Å². The first-order chi connectivity index (χ1) is 12.2. The normalized spacial score (nSPS) is 14.0. The Labute approximate surface area is 146 Å². The summed E-state index contributed by atoms with van der Waals surface area (Å²) in [7, 11) is 3.27. The Morgan fingerprint density at radius 1 is 0.760 bits per heavy atom. The first kappa shape index (κ1) is 15.5. The molecule has 25 heavy (non-hydrogen) atoms. The van der Waals surface area contributed by atoms with Crippen LogP contribution >= 0.6 is 0 Å². The lowest BCUT2D eigenvalue weighted by Crippen LogP contribution is -2.41. The average Bonchev–Trinajstić information content (AvgIpc) is 2.67. The molecule has 0 saturated heterocycles. The highest BCUT2D eigenvalue weighted by Gasteiger charge is 2.42. The van der Waals surface area contributed by atoms with Crippen LogP contribution in [-0.4, -0.2) is 14.2 Å². The van der Waals surface area contributed by atoms with E-state index in [2.05, 4.69) is 0 Å². The van der Waals surface area contributed by atoms with Crippen LogP contribution in [0.1, 0.15) is 16.7 Å². The summed E-state index contributed by atoms with van der Waals surface area (Å²) in [4.78, 5) is 0. The third-order valence-corrected chi connectivity index (χ3v) is 4.68. The molecule has 4 heteroatoms. The Bertz CT molecular complexity index is 890. The van der Waals surface area contributed by atoms with Gasteiger partial charge in [0.1, 0.15) is 28.5 Å². The summed E-state index contributed by atoms with van der Waals surface area (Å²) < 4.78 is 17.0. The van der Waals surface area contributed by atoms with Gasteiger partial charge in [-0.05, 0) is 24.3 Å². The van der Waals surface area contributed by atoms with Crippen LogP contribution in [0, 0.1) is 0 Å². The highest BCUT2D eigenvalue weighted by molar-refractivity contribution is 5.64. The number of benzene rings is 3. The lowest BCUT2D eigenvalue weighted by Gasteiger charge is -2.38. The molecule has 0 unspecified atom stereocenters. The van der Waals surface area contributed by atoms with E-state index in [9.17, 15) is 0 Å². The molecule has 4 nitrogen and oxygen atoms in total. The van der Waals surface area contributed by atoms with Crippen LogP contribution < -0.4 is 19.9 Å². The second-order valence-electron chi connectivity index (χ2n) is 5.97. The van der Waals surface area contributed by atoms with Crippen molar-refractivity contribution >= 4 is 0 Å². The van der Waals surface area contributed by atoms with Crippen molar-refractivity contribution in [2.75, 3.05) is 14.2 Å². The van der Waals surface area contributed by atoms with Gasteiger partial charge in [-0.3, -0.25) is 0 Å². The summed E-state index contributed by atoms with van der Waals surface area (Å²) in [5, 5.41) is 0. The number of nitrogens with two attached hydrogens (primary N) is 1. The largest absolute Gasteiger partial charge is 0.497 e. The topological polar surface area (TPSA) is 53.7 Å². The zero-order chi connectivity index (χ0) is 17.4. The fraction of sp³-hybridized carbons (Fsp3) is 0.143. The molecule has 1 aliphatic rings. The van der Waals surface area contributed by atoms with Crippen LogP contribution in [0.25, 0.3) is 0 Å². The van der Waals surface area contributed by atoms with Crippen LogP contribution in [-0.2, 0) is 5.54 Å². The first-order valence-corrected chi connectivity index (χ1v) is 8.06. The van der Waals surface area contributed by atoms with Gasteiger partial charge >= 0.3 is 0 Å². The van der Waals surface area contributed by atoms with Gasteiger partial charge in [-0.2, -0.15) is 0 Å². The molecule has 0 spiro atoms. The quantitative estimate of drug-likeness (QED) is 0.785. The minimum absolute atomic E-state index is 0.674. The molecule has 0 aliphatic carbocycles. The maximum absolute atomic E-state index is 7.07. The average molecular weight is 333 g/mol. The molecule has 0 saturated carbocycles. The molecule has 0 atom stereocenters. The summed E-state index contributed by atoms with van der Waals surface area (Å²) in [6, 6.07) is 21.4. The summed E-state index contributed by atoms with van der Waals surface area (Å²) in [6.45, 7) is 0. The van der Waals surface area contributed by atoms with Crippen molar-refractivity contribution in [2.24, 2.45) is 5.73 Å². The van der Waals surface area contributed by atoms with Crippen LogP contribution in [0.5, 0.6) is 23.0 Å². The number of rotatable bonds is 3. The predicted molar refractivity (Wildman–Crippen MR) is 96.6 cm³/mol. The molecule has 1 heterocycles. The Hall–Kier alpha value is -2.98. The zero-order valence-corrected chi connectivity index (χ0v) is 14.2. The maximum atomic E-state index is 7.07. The van der Waals surface area contributed by atoms with Gasteiger partial charge in [-0.25, -0.2) is 0 Å². The van der Waals surface area contributed by atoms with Crippen molar-refractivity contribution in [1.82, 2.24) is 0 Å². The van der Waals surface area contributed by atoms with Gasteiger partial charge in [-0.15, -0.1) is 0 Å². The number of ether oxygens (including phenoxy) is 3. The molecule has 0 amide bonds. The van der Waals surface area contributed by atoms with Gasteiger partial charge in [0.25, 0.3) is 0 Å². The van der Waals surface area contributed by atoms with E-state index in [0.29, 0.717) is 5.75 Å². The van der Waals surface area contributed by atoms with E-state index in [1.807, 2.05) is 66.7 Å². The fourth-order valence-corrected chi connectivity index (χ4v) is 3.44. The highest BCUT2D eigenvalue weighted by atomic mass is 16.5. The SMILES string of the molecule is COc1ccc(C2(N)c3ccccc3Oc3ccccc32)c(OC)c1. The van der Waals surface area contributed by atoms with Crippen LogP contribution in [0.3, 0.4) is 0 Å². The number of hydrogen-bond donors (Lipinski definition) is 1. The molecule has 0 radical (unpaired) electrons. The van der Waals surface area contributed by atoms with E-state index < -0.39 is 5.54 Å². The van der Waals surface area contributed by atoms with Gasteiger partial charge in [0.05, 0.1) is 14.2 Å². The second kappa shape index (κ2) is 5.83. The minimum Gasteiger partial charge on any atom is -0.497 e. The Kier molecular flexibility index (Phi) is 3.62. The first-order valence-electron chi connectivity index (χ1n) is 8.06. The van der Waals surface area contributed by atoms with E-state index in [1.54, 1.807) is 14.2 Å². The van der Waals surface area contributed by atoms with E-state index >= 15 is 0 Å². The van der Waals surface area contributed by atoms with Crippen molar-refractivity contribution in [3.63, 3.8) is 0 Å². The molecule has 2 N–H and O–H groups in total. The highest BCUT2D eigenvalue weighted by Crippen LogP contribution is 2.50. The number of para-hydroxylation sites is 2. The Balaban J connectivity index is 2.04. The number of methoxy groups -OCH3 is 2. The van der Waals surface area contributed by atoms with Crippen LogP contribution in [0.15, 0.2) is 66.7 Å². The van der Waals surface area contributed by atoms with Gasteiger partial charge < -0.3 is 19.9 Å². The molecular weight excluding hydrogens is 314 g/mol. The van der Waals surface area contributed by atoms with Crippen molar-refractivity contribution in [3.05, 3.63) is 83.4 Å². The van der Waals surface area contributed by atoms with Crippen molar-refractivity contribution < 1.29 is 14.2 Å². The fourth-order valence-electron chi connectivity index (χ4n) is 3.44. The molecule has 0 bridgehead atoms. The van der Waals surface area contributed by atoms with Gasteiger partial charge in [-0.1, -0.05) is 36.4 Å². The van der Waals surface area contributed by atoms with Crippen molar-refractivity contribution in [2.45, 2.75) is 5.54 Å². The van der Waals surface area contributed by atoms with Crippen LogP contribution in [0.4, 0.5) is 0 Å². The van der Waals surface area contributed by atoms with E-state index in [1.165, 1.54) is 0 Å². The predicted octanol–water partition coefficient (Wildman–Crippen LogP) is 4.06. The van der Waals surface area contributed by atoms with Crippen molar-refractivity contribution in [3.8, 4) is 23.0 Å². The molecule has 0 fully saturated rings. The van der Waals surface area contributed by atoms with Gasteiger partial charge in [0.2, 0.25) is 0 Å². The van der Waals surface area contributed by atoms with Gasteiger partial charge in [0, 0.05) is 22.8 Å². The van der Waals surface area contributed by atoms with E-state index in [-0.39, 0.29) is 0 Å². The summed E-state index contributed by atoms with van der Waals surface area (Å²) in [5.41, 5.74) is 8.85. The second-order valence-corrected chi connectivity index (χ2v) is 5.97. The molecular formula is C21H19NO3. The summed E-state index contributed by atoms with van der Waals surface area (Å²) >= 11 is 0. The monoisotopic (exact) mass is 333 g/mol. The van der Waals surface area contributed by atoms with Crippen molar-refractivity contribution in [1.29, 1.82) is 0 Å². The number of fused-ring (bicyclic) bond motifs is 2. The van der Waals surface area contributed by atoms with E-state index in [0.717, 1.165) is 33.9 Å². The smallest absolute Gasteiger partial charge is 0.133 e. The zero-order valence-electron chi connectivity index (χ0n) is 14.2. The minimum atomic E-state index is -0.886. The lowest BCUT2D eigenvalue weighted by molar-refractivity contribution is 0.377. The standard InChI is InChI=1S/C21H19NO3/c1-23-14-11-12-17(20(13-14)24-2)21(22)15-7-3-5-9-18(15)25-19-10-6-4-8-16(19)21/h3-13H,22H2,1-2H3. The lowest BCUT2D eigenvalue weighted by atomic mass is 9.75. The Morgan fingerprint density at radius 3 is 1.92 bits per heavy atom. The maximum Gasteiger partial charge on any atom is 0.133 e.